The molecule has 0 fully saturated rings. The maximum atomic E-state index is 5.15. The molecule has 0 radical (unpaired) electrons. The van der Waals surface area contributed by atoms with Crippen LogP contribution in [-0.2, 0) is 9.47 Å². The van der Waals surface area contributed by atoms with Gasteiger partial charge >= 0.3 is 0 Å². The zero-order valence-electron chi connectivity index (χ0n) is 8.67. The molecule has 1 unspecified atom stereocenters. The SMILES string of the molecule is COCCN(C)CCC(C)OC. The van der Waals surface area contributed by atoms with Gasteiger partial charge in [-0.05, 0) is 20.4 Å². The molecule has 3 heteroatoms. The first-order valence-corrected chi connectivity index (χ1v) is 4.41. The Labute approximate surface area is 75.6 Å². The third-order valence-electron chi connectivity index (χ3n) is 2.00. The van der Waals surface area contributed by atoms with E-state index in [0.29, 0.717) is 6.10 Å². The number of likely N-dealkylation sites (N-methyl/N-ethyl adjacent to an activating group) is 1. The molecule has 0 aliphatic heterocycles. The fraction of sp³-hybridized carbons (Fsp3) is 1.00. The van der Waals surface area contributed by atoms with Gasteiger partial charge in [0.1, 0.15) is 0 Å². The molecule has 0 amide bonds. The van der Waals surface area contributed by atoms with Crippen molar-refractivity contribution < 1.29 is 9.47 Å². The van der Waals surface area contributed by atoms with Gasteiger partial charge < -0.3 is 14.4 Å². The predicted octanol–water partition coefficient (Wildman–Crippen LogP) is 0.990. The van der Waals surface area contributed by atoms with E-state index < -0.39 is 0 Å². The lowest BCUT2D eigenvalue weighted by atomic mass is 10.3. The number of hydrogen-bond donors (Lipinski definition) is 0. The van der Waals surface area contributed by atoms with E-state index >= 15 is 0 Å². The van der Waals surface area contributed by atoms with Gasteiger partial charge in [0.15, 0.2) is 0 Å². The van der Waals surface area contributed by atoms with Crippen LogP contribution in [0.15, 0.2) is 0 Å². The molecule has 0 rings (SSSR count). The highest BCUT2D eigenvalue weighted by atomic mass is 16.5. The molecular formula is C9H21NO2. The fourth-order valence-corrected chi connectivity index (χ4v) is 0.879. The molecular weight excluding hydrogens is 154 g/mol. The van der Waals surface area contributed by atoms with Crippen LogP contribution in [0.2, 0.25) is 0 Å². The van der Waals surface area contributed by atoms with E-state index in [9.17, 15) is 0 Å². The first kappa shape index (κ1) is 11.9. The van der Waals surface area contributed by atoms with Gasteiger partial charge in [0.05, 0.1) is 12.7 Å². The Morgan fingerprint density at radius 1 is 1.25 bits per heavy atom. The summed E-state index contributed by atoms with van der Waals surface area (Å²) in [5.74, 6) is 0. The fourth-order valence-electron chi connectivity index (χ4n) is 0.879. The minimum absolute atomic E-state index is 0.356. The van der Waals surface area contributed by atoms with E-state index in [0.717, 1.165) is 26.1 Å². The number of hydrogen-bond acceptors (Lipinski definition) is 3. The van der Waals surface area contributed by atoms with Crippen molar-refractivity contribution in [1.29, 1.82) is 0 Å². The number of methoxy groups -OCH3 is 2. The highest BCUT2D eigenvalue weighted by Crippen LogP contribution is 1.96. The van der Waals surface area contributed by atoms with Crippen molar-refractivity contribution >= 4 is 0 Å². The molecule has 0 aliphatic rings. The van der Waals surface area contributed by atoms with E-state index in [1.165, 1.54) is 0 Å². The average Bonchev–Trinajstić information content (AvgIpc) is 2.10. The number of nitrogens with zero attached hydrogens (tertiary/aromatic N) is 1. The lowest BCUT2D eigenvalue weighted by Gasteiger charge is -2.17. The van der Waals surface area contributed by atoms with Gasteiger partial charge in [-0.25, -0.2) is 0 Å². The van der Waals surface area contributed by atoms with Gasteiger partial charge in [-0.15, -0.1) is 0 Å². The summed E-state index contributed by atoms with van der Waals surface area (Å²) in [6.45, 7) is 4.95. The van der Waals surface area contributed by atoms with E-state index in [1.54, 1.807) is 14.2 Å². The summed E-state index contributed by atoms with van der Waals surface area (Å²) >= 11 is 0. The molecule has 0 aromatic heterocycles. The first-order chi connectivity index (χ1) is 5.70. The first-order valence-electron chi connectivity index (χ1n) is 4.41. The third-order valence-corrected chi connectivity index (χ3v) is 2.00. The van der Waals surface area contributed by atoms with Crippen LogP contribution in [-0.4, -0.2) is 52.0 Å². The van der Waals surface area contributed by atoms with Crippen LogP contribution in [0.4, 0.5) is 0 Å². The molecule has 74 valence electrons. The monoisotopic (exact) mass is 175 g/mol. The van der Waals surface area contributed by atoms with Crippen LogP contribution < -0.4 is 0 Å². The second-order valence-corrected chi connectivity index (χ2v) is 3.13. The molecule has 1 atom stereocenters. The van der Waals surface area contributed by atoms with E-state index in [1.807, 2.05) is 0 Å². The second kappa shape index (κ2) is 7.53. The van der Waals surface area contributed by atoms with Crippen LogP contribution in [0.5, 0.6) is 0 Å². The molecule has 0 bridgehead atoms. The van der Waals surface area contributed by atoms with Crippen molar-refractivity contribution in [3.63, 3.8) is 0 Å². The second-order valence-electron chi connectivity index (χ2n) is 3.13. The van der Waals surface area contributed by atoms with Crippen molar-refractivity contribution in [1.82, 2.24) is 4.90 Å². The maximum absolute atomic E-state index is 5.15. The van der Waals surface area contributed by atoms with Gasteiger partial charge in [0, 0.05) is 27.3 Å². The summed E-state index contributed by atoms with van der Waals surface area (Å²) in [5.41, 5.74) is 0. The Kier molecular flexibility index (Phi) is 7.45. The summed E-state index contributed by atoms with van der Waals surface area (Å²) in [6, 6.07) is 0. The standard InChI is InChI=1S/C9H21NO2/c1-9(12-4)5-6-10(2)7-8-11-3/h9H,5-8H2,1-4H3. The van der Waals surface area contributed by atoms with Crippen molar-refractivity contribution in [2.24, 2.45) is 0 Å². The highest BCUT2D eigenvalue weighted by Gasteiger charge is 2.02. The molecule has 3 nitrogen and oxygen atoms in total. The van der Waals surface area contributed by atoms with Gasteiger partial charge in [-0.2, -0.15) is 0 Å². The summed E-state index contributed by atoms with van der Waals surface area (Å²) < 4.78 is 10.1. The average molecular weight is 175 g/mol. The Morgan fingerprint density at radius 2 is 1.92 bits per heavy atom. The van der Waals surface area contributed by atoms with Crippen molar-refractivity contribution in [3.05, 3.63) is 0 Å². The normalized spacial score (nSPS) is 13.8. The van der Waals surface area contributed by atoms with E-state index in [4.69, 9.17) is 9.47 Å². The zero-order valence-corrected chi connectivity index (χ0v) is 8.67. The molecule has 0 aliphatic carbocycles. The predicted molar refractivity (Wildman–Crippen MR) is 50.5 cm³/mol. The molecule has 0 saturated carbocycles. The Morgan fingerprint density at radius 3 is 2.42 bits per heavy atom. The van der Waals surface area contributed by atoms with E-state index in [-0.39, 0.29) is 0 Å². The summed E-state index contributed by atoms with van der Waals surface area (Å²) in [6.07, 6.45) is 1.44. The number of ether oxygens (including phenoxy) is 2. The van der Waals surface area contributed by atoms with Crippen LogP contribution in [0.3, 0.4) is 0 Å². The molecule has 0 aromatic carbocycles. The topological polar surface area (TPSA) is 21.7 Å². The lowest BCUT2D eigenvalue weighted by Crippen LogP contribution is -2.26. The third kappa shape index (κ3) is 6.58. The lowest BCUT2D eigenvalue weighted by molar-refractivity contribution is 0.0949. The molecule has 0 spiro atoms. The van der Waals surface area contributed by atoms with Crippen LogP contribution >= 0.6 is 0 Å². The van der Waals surface area contributed by atoms with Crippen LogP contribution in [0.1, 0.15) is 13.3 Å². The summed E-state index contributed by atoms with van der Waals surface area (Å²) in [4.78, 5) is 2.25. The van der Waals surface area contributed by atoms with Gasteiger partial charge in [0.2, 0.25) is 0 Å². The maximum Gasteiger partial charge on any atom is 0.0589 e. The van der Waals surface area contributed by atoms with Crippen LogP contribution in [0.25, 0.3) is 0 Å². The zero-order chi connectivity index (χ0) is 9.40. The largest absolute Gasteiger partial charge is 0.383 e. The summed E-state index contributed by atoms with van der Waals surface area (Å²) in [5, 5.41) is 0. The van der Waals surface area contributed by atoms with Crippen molar-refractivity contribution in [2.75, 3.05) is 41.0 Å². The van der Waals surface area contributed by atoms with Crippen molar-refractivity contribution in [2.45, 2.75) is 19.4 Å². The molecule has 0 aromatic rings. The highest BCUT2D eigenvalue weighted by molar-refractivity contribution is 4.55. The Bertz CT molecular complexity index is 98.5. The van der Waals surface area contributed by atoms with Gasteiger partial charge in [-0.3, -0.25) is 0 Å². The Hall–Kier alpha value is -0.120. The smallest absolute Gasteiger partial charge is 0.0589 e. The van der Waals surface area contributed by atoms with E-state index in [2.05, 4.69) is 18.9 Å². The molecule has 0 N–H and O–H groups in total. The Balaban J connectivity index is 3.24. The van der Waals surface area contributed by atoms with Gasteiger partial charge in [-0.1, -0.05) is 0 Å². The van der Waals surface area contributed by atoms with Crippen molar-refractivity contribution in [3.8, 4) is 0 Å². The summed E-state index contributed by atoms with van der Waals surface area (Å²) in [7, 11) is 5.58. The van der Waals surface area contributed by atoms with Crippen LogP contribution in [0, 0.1) is 0 Å². The minimum atomic E-state index is 0.356. The molecule has 0 heterocycles. The number of rotatable bonds is 7. The minimum Gasteiger partial charge on any atom is -0.383 e. The molecule has 12 heavy (non-hydrogen) atoms. The molecule has 0 saturated heterocycles. The van der Waals surface area contributed by atoms with Gasteiger partial charge in [0.25, 0.3) is 0 Å². The quantitative estimate of drug-likeness (QED) is 0.576.